The first-order chi connectivity index (χ1) is 8.47. The van der Waals surface area contributed by atoms with Gasteiger partial charge in [-0.3, -0.25) is 4.79 Å². The zero-order valence-electron chi connectivity index (χ0n) is 11.9. The molecular formula is C14H26N2OS. The van der Waals surface area contributed by atoms with Gasteiger partial charge in [-0.05, 0) is 31.8 Å². The number of fused-ring (bicyclic) bond motifs is 1. The Bertz CT molecular complexity index is 301. The second-order valence-electron chi connectivity index (χ2n) is 6.41. The predicted octanol–water partition coefficient (Wildman–Crippen LogP) is 2.12. The molecule has 0 saturated carbocycles. The molecule has 0 aliphatic carbocycles. The minimum atomic E-state index is 0.298. The van der Waals surface area contributed by atoms with Gasteiger partial charge in [-0.2, -0.15) is 11.8 Å². The fourth-order valence-electron chi connectivity index (χ4n) is 2.99. The van der Waals surface area contributed by atoms with Crippen LogP contribution in [-0.4, -0.2) is 47.0 Å². The Labute approximate surface area is 115 Å². The molecule has 0 aromatic heterocycles. The lowest BCUT2D eigenvalue weighted by Crippen LogP contribution is -2.55. The lowest BCUT2D eigenvalue weighted by molar-refractivity contribution is -0.139. The summed E-state index contributed by atoms with van der Waals surface area (Å²) in [6, 6.07) is 0.507. The second-order valence-corrected chi connectivity index (χ2v) is 8.33. The van der Waals surface area contributed by atoms with Gasteiger partial charge in [0.1, 0.15) is 0 Å². The van der Waals surface area contributed by atoms with Gasteiger partial charge in [-0.25, -0.2) is 0 Å². The minimum Gasteiger partial charge on any atom is -0.339 e. The summed E-state index contributed by atoms with van der Waals surface area (Å²) in [5, 5.41) is 3.46. The summed E-state index contributed by atoms with van der Waals surface area (Å²) >= 11 is 1.96. The van der Waals surface area contributed by atoms with E-state index in [-0.39, 0.29) is 0 Å². The van der Waals surface area contributed by atoms with E-state index in [1.807, 2.05) is 11.8 Å². The zero-order chi connectivity index (χ0) is 13.2. The molecule has 3 nitrogen and oxygen atoms in total. The van der Waals surface area contributed by atoms with Crippen molar-refractivity contribution in [1.82, 2.24) is 10.2 Å². The Kier molecular flexibility index (Phi) is 4.59. The first-order valence-corrected chi connectivity index (χ1v) is 8.10. The standard InChI is InChI=1S/C14H26N2OS/c1-14(2,3)18-9-8-16-12-6-7-15-10-11(12)4-5-13(16)17/h11-12,15H,4-10H2,1-3H3. The minimum absolute atomic E-state index is 0.298. The molecule has 2 fully saturated rings. The van der Waals surface area contributed by atoms with E-state index in [0.29, 0.717) is 22.6 Å². The molecule has 2 rings (SSSR count). The number of piperidine rings is 2. The fourth-order valence-corrected chi connectivity index (χ4v) is 3.89. The van der Waals surface area contributed by atoms with Crippen molar-refractivity contribution in [1.29, 1.82) is 0 Å². The summed E-state index contributed by atoms with van der Waals surface area (Å²) in [5.41, 5.74) is 0. The third kappa shape index (κ3) is 3.64. The van der Waals surface area contributed by atoms with Crippen LogP contribution in [0.3, 0.4) is 0 Å². The summed E-state index contributed by atoms with van der Waals surface area (Å²) in [4.78, 5) is 14.3. The number of hydrogen-bond acceptors (Lipinski definition) is 3. The molecule has 0 spiro atoms. The van der Waals surface area contributed by atoms with Gasteiger partial charge in [-0.15, -0.1) is 0 Å². The third-order valence-corrected chi connectivity index (χ3v) is 5.14. The van der Waals surface area contributed by atoms with Crippen molar-refractivity contribution >= 4 is 17.7 Å². The van der Waals surface area contributed by atoms with E-state index in [0.717, 1.165) is 44.6 Å². The first kappa shape index (κ1) is 14.2. The maximum atomic E-state index is 12.1. The highest BCUT2D eigenvalue weighted by Gasteiger charge is 2.36. The summed E-state index contributed by atoms with van der Waals surface area (Å²) in [6.07, 6.45) is 2.97. The van der Waals surface area contributed by atoms with Crippen molar-refractivity contribution < 1.29 is 4.79 Å². The molecule has 2 aliphatic heterocycles. The normalized spacial score (nSPS) is 29.3. The second kappa shape index (κ2) is 5.83. The van der Waals surface area contributed by atoms with Gasteiger partial charge in [0.05, 0.1) is 0 Å². The number of amides is 1. The van der Waals surface area contributed by atoms with Crippen LogP contribution in [0, 0.1) is 5.92 Å². The maximum absolute atomic E-state index is 12.1. The number of nitrogens with zero attached hydrogens (tertiary/aromatic N) is 1. The molecule has 2 heterocycles. The van der Waals surface area contributed by atoms with Crippen LogP contribution in [0.2, 0.25) is 0 Å². The molecule has 0 aromatic rings. The number of hydrogen-bond donors (Lipinski definition) is 1. The van der Waals surface area contributed by atoms with Crippen LogP contribution in [0.15, 0.2) is 0 Å². The lowest BCUT2D eigenvalue weighted by Gasteiger charge is -2.44. The van der Waals surface area contributed by atoms with Crippen LogP contribution in [0.25, 0.3) is 0 Å². The van der Waals surface area contributed by atoms with E-state index in [2.05, 4.69) is 31.0 Å². The summed E-state index contributed by atoms with van der Waals surface area (Å²) in [6.45, 7) is 9.81. The molecule has 1 N–H and O–H groups in total. The van der Waals surface area contributed by atoms with Gasteiger partial charge in [0, 0.05) is 29.5 Å². The molecule has 2 unspecified atom stereocenters. The van der Waals surface area contributed by atoms with Gasteiger partial charge in [0.25, 0.3) is 0 Å². The van der Waals surface area contributed by atoms with E-state index in [1.54, 1.807) is 0 Å². The highest BCUT2D eigenvalue weighted by Crippen LogP contribution is 2.30. The summed E-state index contributed by atoms with van der Waals surface area (Å²) in [7, 11) is 0. The van der Waals surface area contributed by atoms with Crippen molar-refractivity contribution in [3.8, 4) is 0 Å². The van der Waals surface area contributed by atoms with Crippen LogP contribution >= 0.6 is 11.8 Å². The molecule has 1 amide bonds. The van der Waals surface area contributed by atoms with Crippen molar-refractivity contribution in [2.45, 2.75) is 50.8 Å². The monoisotopic (exact) mass is 270 g/mol. The molecule has 0 bridgehead atoms. The first-order valence-electron chi connectivity index (χ1n) is 7.11. The fraction of sp³-hybridized carbons (Fsp3) is 0.929. The number of carbonyl (C=O) groups excluding carboxylic acids is 1. The van der Waals surface area contributed by atoms with Gasteiger partial charge in [0.2, 0.25) is 5.91 Å². The Morgan fingerprint density at radius 3 is 2.89 bits per heavy atom. The van der Waals surface area contributed by atoms with E-state index in [4.69, 9.17) is 0 Å². The van der Waals surface area contributed by atoms with Crippen molar-refractivity contribution in [3.05, 3.63) is 0 Å². The molecule has 2 aliphatic rings. The van der Waals surface area contributed by atoms with Crippen molar-refractivity contribution in [2.75, 3.05) is 25.4 Å². The summed E-state index contributed by atoms with van der Waals surface area (Å²) in [5.74, 6) is 2.13. The highest BCUT2D eigenvalue weighted by molar-refractivity contribution is 8.00. The quantitative estimate of drug-likeness (QED) is 0.852. The molecule has 0 aromatic carbocycles. The predicted molar refractivity (Wildman–Crippen MR) is 77.9 cm³/mol. The van der Waals surface area contributed by atoms with Crippen LogP contribution in [0.4, 0.5) is 0 Å². The van der Waals surface area contributed by atoms with E-state index < -0.39 is 0 Å². The Balaban J connectivity index is 1.89. The number of rotatable bonds is 3. The van der Waals surface area contributed by atoms with Crippen molar-refractivity contribution in [2.24, 2.45) is 5.92 Å². The van der Waals surface area contributed by atoms with Gasteiger partial charge in [0.15, 0.2) is 0 Å². The molecule has 18 heavy (non-hydrogen) atoms. The van der Waals surface area contributed by atoms with Gasteiger partial charge < -0.3 is 10.2 Å². The number of nitrogens with one attached hydrogen (secondary N) is 1. The number of carbonyl (C=O) groups is 1. The average Bonchev–Trinajstić information content (AvgIpc) is 2.31. The lowest BCUT2D eigenvalue weighted by atomic mass is 9.84. The molecule has 104 valence electrons. The van der Waals surface area contributed by atoms with Gasteiger partial charge in [-0.1, -0.05) is 20.8 Å². The van der Waals surface area contributed by atoms with Crippen LogP contribution in [0.5, 0.6) is 0 Å². The Hall–Kier alpha value is -0.220. The average molecular weight is 270 g/mol. The molecule has 2 atom stereocenters. The highest BCUT2D eigenvalue weighted by atomic mass is 32.2. The Morgan fingerprint density at radius 1 is 1.39 bits per heavy atom. The van der Waals surface area contributed by atoms with Crippen LogP contribution < -0.4 is 5.32 Å². The number of thioether (sulfide) groups is 1. The smallest absolute Gasteiger partial charge is 0.222 e. The largest absolute Gasteiger partial charge is 0.339 e. The van der Waals surface area contributed by atoms with Crippen molar-refractivity contribution in [3.63, 3.8) is 0 Å². The SMILES string of the molecule is CC(C)(C)SCCN1C(=O)CCC2CNCCC21. The molecule has 2 saturated heterocycles. The zero-order valence-corrected chi connectivity index (χ0v) is 12.7. The summed E-state index contributed by atoms with van der Waals surface area (Å²) < 4.78 is 0.298. The molecule has 4 heteroatoms. The van der Waals surface area contributed by atoms with Gasteiger partial charge >= 0.3 is 0 Å². The van der Waals surface area contributed by atoms with Crippen LogP contribution in [0.1, 0.15) is 40.0 Å². The molecule has 0 radical (unpaired) electrons. The van der Waals surface area contributed by atoms with E-state index >= 15 is 0 Å². The Morgan fingerprint density at radius 2 is 2.17 bits per heavy atom. The maximum Gasteiger partial charge on any atom is 0.222 e. The molecular weight excluding hydrogens is 244 g/mol. The van der Waals surface area contributed by atoms with E-state index in [9.17, 15) is 4.79 Å². The number of likely N-dealkylation sites (tertiary alicyclic amines) is 1. The van der Waals surface area contributed by atoms with E-state index in [1.165, 1.54) is 0 Å². The topological polar surface area (TPSA) is 32.3 Å². The third-order valence-electron chi connectivity index (χ3n) is 3.88. The van der Waals surface area contributed by atoms with Crippen LogP contribution in [-0.2, 0) is 4.79 Å².